The van der Waals surface area contributed by atoms with Crippen LogP contribution in [0.1, 0.15) is 44.4 Å². The lowest BCUT2D eigenvalue weighted by Crippen LogP contribution is -2.29. The van der Waals surface area contributed by atoms with Gasteiger partial charge >= 0.3 is 5.97 Å². The van der Waals surface area contributed by atoms with Crippen LogP contribution in [-0.2, 0) is 9.53 Å². The fraction of sp³-hybridized carbons (Fsp3) is 0.154. The molecule has 1 aliphatic heterocycles. The van der Waals surface area contributed by atoms with Crippen molar-refractivity contribution in [3.8, 4) is 5.75 Å². The molecule has 0 atom stereocenters. The molecule has 0 aromatic heterocycles. The third-order valence-corrected chi connectivity index (χ3v) is 5.17. The standard InChI is InChI=1S/C26H21FN2O6/c1-16(30)28-19-6-8-20(9-7-19)29-24(31)22-12-3-17(15-23(22)25(29)32)26(33)35-14-2-13-34-21-10-4-18(27)5-11-21/h3-12,15H,2,13-14H2,1H3,(H,28,30). The van der Waals surface area contributed by atoms with Crippen LogP contribution in [0.3, 0.4) is 0 Å². The van der Waals surface area contributed by atoms with E-state index in [0.717, 1.165) is 4.90 Å². The fourth-order valence-electron chi connectivity index (χ4n) is 3.53. The largest absolute Gasteiger partial charge is 0.493 e. The molecule has 0 saturated carbocycles. The molecule has 0 radical (unpaired) electrons. The molecule has 35 heavy (non-hydrogen) atoms. The first-order valence-electron chi connectivity index (χ1n) is 10.8. The van der Waals surface area contributed by atoms with E-state index >= 15 is 0 Å². The number of imide groups is 1. The van der Waals surface area contributed by atoms with Crippen LogP contribution in [0.2, 0.25) is 0 Å². The molecule has 0 fully saturated rings. The van der Waals surface area contributed by atoms with Crippen LogP contribution in [0.5, 0.6) is 5.75 Å². The summed E-state index contributed by atoms with van der Waals surface area (Å²) in [6.07, 6.45) is 0.410. The van der Waals surface area contributed by atoms with Crippen LogP contribution in [0.4, 0.5) is 15.8 Å². The maximum Gasteiger partial charge on any atom is 0.338 e. The summed E-state index contributed by atoms with van der Waals surface area (Å²) in [4.78, 5) is 50.4. The van der Waals surface area contributed by atoms with Gasteiger partial charge in [0.05, 0.1) is 35.6 Å². The highest BCUT2D eigenvalue weighted by molar-refractivity contribution is 6.34. The number of nitrogens with one attached hydrogen (secondary N) is 1. The Morgan fingerprint density at radius 2 is 1.57 bits per heavy atom. The summed E-state index contributed by atoms with van der Waals surface area (Å²) < 4.78 is 23.6. The molecule has 178 valence electrons. The van der Waals surface area contributed by atoms with E-state index in [1.165, 1.54) is 49.4 Å². The van der Waals surface area contributed by atoms with E-state index in [1.807, 2.05) is 0 Å². The van der Waals surface area contributed by atoms with Crippen LogP contribution < -0.4 is 15.0 Å². The number of benzene rings is 3. The fourth-order valence-corrected chi connectivity index (χ4v) is 3.53. The molecule has 9 heteroatoms. The highest BCUT2D eigenvalue weighted by atomic mass is 19.1. The van der Waals surface area contributed by atoms with Gasteiger partial charge in [0, 0.05) is 19.0 Å². The Morgan fingerprint density at radius 1 is 0.886 bits per heavy atom. The second-order valence-corrected chi connectivity index (χ2v) is 7.73. The number of fused-ring (bicyclic) bond motifs is 1. The van der Waals surface area contributed by atoms with Crippen molar-refractivity contribution in [1.82, 2.24) is 0 Å². The maximum absolute atomic E-state index is 12.9. The van der Waals surface area contributed by atoms with Crippen molar-refractivity contribution < 1.29 is 33.0 Å². The van der Waals surface area contributed by atoms with E-state index in [0.29, 0.717) is 23.5 Å². The number of rotatable bonds is 8. The average Bonchev–Trinajstić information content (AvgIpc) is 3.09. The molecule has 3 aromatic carbocycles. The molecule has 8 nitrogen and oxygen atoms in total. The van der Waals surface area contributed by atoms with Gasteiger partial charge in [0.1, 0.15) is 11.6 Å². The minimum Gasteiger partial charge on any atom is -0.493 e. The van der Waals surface area contributed by atoms with Crippen molar-refractivity contribution in [3.63, 3.8) is 0 Å². The number of nitrogens with zero attached hydrogens (tertiary/aromatic N) is 1. The molecule has 0 bridgehead atoms. The van der Waals surface area contributed by atoms with E-state index in [2.05, 4.69) is 5.32 Å². The Bertz CT molecular complexity index is 1290. The van der Waals surface area contributed by atoms with Crippen LogP contribution in [0.15, 0.2) is 66.7 Å². The first kappa shape index (κ1) is 23.6. The first-order chi connectivity index (χ1) is 16.8. The molecule has 1 N–H and O–H groups in total. The summed E-state index contributed by atoms with van der Waals surface area (Å²) in [6, 6.07) is 16.1. The highest BCUT2D eigenvalue weighted by Crippen LogP contribution is 2.30. The number of halogens is 1. The summed E-state index contributed by atoms with van der Waals surface area (Å²) in [5, 5.41) is 2.62. The highest BCUT2D eigenvalue weighted by Gasteiger charge is 2.37. The zero-order valence-electron chi connectivity index (χ0n) is 18.7. The second-order valence-electron chi connectivity index (χ2n) is 7.73. The van der Waals surface area contributed by atoms with Crippen LogP contribution in [-0.4, -0.2) is 36.9 Å². The van der Waals surface area contributed by atoms with E-state index in [-0.39, 0.29) is 41.6 Å². The summed E-state index contributed by atoms with van der Waals surface area (Å²) in [7, 11) is 0. The Balaban J connectivity index is 1.36. The molecule has 3 amide bonds. The molecule has 0 spiro atoms. The lowest BCUT2D eigenvalue weighted by Gasteiger charge is -2.14. The van der Waals surface area contributed by atoms with Gasteiger partial charge in [-0.15, -0.1) is 0 Å². The molecule has 0 aliphatic carbocycles. The van der Waals surface area contributed by atoms with Gasteiger partial charge < -0.3 is 14.8 Å². The summed E-state index contributed by atoms with van der Waals surface area (Å²) in [6.45, 7) is 1.73. The predicted molar refractivity (Wildman–Crippen MR) is 125 cm³/mol. The van der Waals surface area contributed by atoms with E-state index < -0.39 is 17.8 Å². The number of amides is 3. The third-order valence-electron chi connectivity index (χ3n) is 5.17. The monoisotopic (exact) mass is 476 g/mol. The Hall–Kier alpha value is -4.53. The maximum atomic E-state index is 12.9. The van der Waals surface area contributed by atoms with Crippen LogP contribution in [0.25, 0.3) is 0 Å². The summed E-state index contributed by atoms with van der Waals surface area (Å²) in [5.74, 6) is -1.78. The molecule has 0 saturated heterocycles. The number of esters is 1. The van der Waals surface area contributed by atoms with Crippen molar-refractivity contribution in [2.75, 3.05) is 23.4 Å². The first-order valence-corrected chi connectivity index (χ1v) is 10.8. The zero-order valence-corrected chi connectivity index (χ0v) is 18.7. The minimum absolute atomic E-state index is 0.0801. The molecule has 1 heterocycles. The van der Waals surface area contributed by atoms with Gasteiger partial charge in [-0.1, -0.05) is 0 Å². The Kier molecular flexibility index (Phi) is 6.86. The van der Waals surface area contributed by atoms with E-state index in [1.54, 1.807) is 24.3 Å². The van der Waals surface area contributed by atoms with Crippen molar-refractivity contribution in [2.45, 2.75) is 13.3 Å². The number of carbonyl (C=O) groups is 4. The van der Waals surface area contributed by atoms with E-state index in [4.69, 9.17) is 9.47 Å². The van der Waals surface area contributed by atoms with Crippen molar-refractivity contribution in [1.29, 1.82) is 0 Å². The Labute approximate surface area is 200 Å². The zero-order chi connectivity index (χ0) is 24.9. The molecule has 4 rings (SSSR count). The van der Waals surface area contributed by atoms with Crippen molar-refractivity contribution in [3.05, 3.63) is 89.2 Å². The van der Waals surface area contributed by atoms with Crippen molar-refractivity contribution in [2.24, 2.45) is 0 Å². The lowest BCUT2D eigenvalue weighted by atomic mass is 10.1. The van der Waals surface area contributed by atoms with Crippen LogP contribution >= 0.6 is 0 Å². The normalized spacial score (nSPS) is 12.3. The molecule has 3 aromatic rings. The lowest BCUT2D eigenvalue weighted by molar-refractivity contribution is -0.114. The minimum atomic E-state index is -0.632. The molecular weight excluding hydrogens is 455 g/mol. The second kappa shape index (κ2) is 10.2. The van der Waals surface area contributed by atoms with Gasteiger partial charge in [0.25, 0.3) is 11.8 Å². The predicted octanol–water partition coefficient (Wildman–Crippen LogP) is 4.21. The summed E-state index contributed by atoms with van der Waals surface area (Å²) >= 11 is 0. The number of ether oxygens (including phenoxy) is 2. The van der Waals surface area contributed by atoms with Gasteiger partial charge in [-0.25, -0.2) is 14.1 Å². The number of hydrogen-bond acceptors (Lipinski definition) is 6. The molecule has 0 unspecified atom stereocenters. The van der Waals surface area contributed by atoms with Gasteiger partial charge in [-0.3, -0.25) is 14.4 Å². The van der Waals surface area contributed by atoms with Gasteiger partial charge in [-0.2, -0.15) is 0 Å². The van der Waals surface area contributed by atoms with Gasteiger partial charge in [0.15, 0.2) is 0 Å². The average molecular weight is 476 g/mol. The SMILES string of the molecule is CC(=O)Nc1ccc(N2C(=O)c3ccc(C(=O)OCCCOc4ccc(F)cc4)cc3C2=O)cc1. The topological polar surface area (TPSA) is 102 Å². The smallest absolute Gasteiger partial charge is 0.338 e. The molecule has 1 aliphatic rings. The number of hydrogen-bond donors (Lipinski definition) is 1. The molecular formula is C26H21FN2O6. The third kappa shape index (κ3) is 5.35. The van der Waals surface area contributed by atoms with Gasteiger partial charge in [-0.05, 0) is 66.7 Å². The number of anilines is 2. The van der Waals surface area contributed by atoms with Gasteiger partial charge in [0.2, 0.25) is 5.91 Å². The van der Waals surface area contributed by atoms with Crippen LogP contribution in [0, 0.1) is 5.82 Å². The Morgan fingerprint density at radius 3 is 2.26 bits per heavy atom. The van der Waals surface area contributed by atoms with E-state index in [9.17, 15) is 23.6 Å². The van der Waals surface area contributed by atoms with Crippen molar-refractivity contribution >= 4 is 35.1 Å². The number of carbonyl (C=O) groups excluding carboxylic acids is 4. The quantitative estimate of drug-likeness (QED) is 0.297. The summed E-state index contributed by atoms with van der Waals surface area (Å²) in [5.41, 5.74) is 1.31.